The van der Waals surface area contributed by atoms with Crippen LogP contribution in [-0.4, -0.2) is 25.7 Å². The molecule has 184 valence electrons. The van der Waals surface area contributed by atoms with Gasteiger partial charge in [-0.05, 0) is 65.2 Å². The summed E-state index contributed by atoms with van der Waals surface area (Å²) in [5, 5.41) is 12.5. The molecule has 0 spiro atoms. The van der Waals surface area contributed by atoms with Gasteiger partial charge in [-0.1, -0.05) is 54.2 Å². The zero-order chi connectivity index (χ0) is 25.5. The molecule has 0 atom stereocenters. The predicted octanol–water partition coefficient (Wildman–Crippen LogP) is 5.61. The van der Waals surface area contributed by atoms with Crippen LogP contribution in [0.2, 0.25) is 0 Å². The molecule has 1 amide bonds. The summed E-state index contributed by atoms with van der Waals surface area (Å²) in [4.78, 5) is 16.5. The molecule has 0 bridgehead atoms. The molecule has 8 heteroatoms. The predicted molar refractivity (Wildman–Crippen MR) is 142 cm³/mol. The number of halogens is 1. The molecule has 0 radical (unpaired) electrons. The Bertz CT molecular complexity index is 1460. The third kappa shape index (κ3) is 6.29. The Morgan fingerprint density at radius 1 is 0.811 bits per heavy atom. The van der Waals surface area contributed by atoms with E-state index in [-0.39, 0.29) is 11.7 Å². The van der Waals surface area contributed by atoms with E-state index in [1.165, 1.54) is 12.1 Å². The fraction of sp³-hybridized carbons (Fsp3) is 0.103. The van der Waals surface area contributed by atoms with Gasteiger partial charge in [0.1, 0.15) is 11.6 Å². The molecule has 6 nitrogen and oxygen atoms in total. The number of carbonyl (C=O) groups excluding carboxylic acids is 1. The first-order valence-electron chi connectivity index (χ1n) is 11.8. The number of nitrogens with zero attached hydrogens (tertiary/aromatic N) is 4. The number of hydrogen-bond acceptors (Lipinski definition) is 5. The van der Waals surface area contributed by atoms with E-state index in [0.29, 0.717) is 24.3 Å². The molecule has 3 aromatic carbocycles. The van der Waals surface area contributed by atoms with Gasteiger partial charge in [0.15, 0.2) is 5.16 Å². The van der Waals surface area contributed by atoms with Crippen LogP contribution in [0.15, 0.2) is 109 Å². The summed E-state index contributed by atoms with van der Waals surface area (Å²) >= 11 is 1.54. The first-order chi connectivity index (χ1) is 18.2. The molecule has 2 heterocycles. The lowest BCUT2D eigenvalue weighted by Gasteiger charge is -2.11. The van der Waals surface area contributed by atoms with Gasteiger partial charge in [0.2, 0.25) is 0 Å². The van der Waals surface area contributed by atoms with Crippen LogP contribution in [0.25, 0.3) is 5.69 Å². The SMILES string of the molecule is O=C(NCc1ccncc1)c1ccc(CSc2nnc(Cc3ccccc3)n2-c2ccc(F)cc2)cc1. The van der Waals surface area contributed by atoms with E-state index in [1.54, 1.807) is 36.3 Å². The lowest BCUT2D eigenvalue weighted by molar-refractivity contribution is 0.0951. The minimum Gasteiger partial charge on any atom is -0.348 e. The van der Waals surface area contributed by atoms with E-state index in [0.717, 1.165) is 33.4 Å². The molecule has 5 aromatic rings. The molecule has 2 aromatic heterocycles. The molecule has 0 unspecified atom stereocenters. The van der Waals surface area contributed by atoms with Crippen molar-refractivity contribution in [3.8, 4) is 5.69 Å². The molecular weight excluding hydrogens is 485 g/mol. The van der Waals surface area contributed by atoms with Gasteiger partial charge in [-0.15, -0.1) is 10.2 Å². The molecule has 1 N–H and O–H groups in total. The van der Waals surface area contributed by atoms with E-state index in [9.17, 15) is 9.18 Å². The fourth-order valence-corrected chi connectivity index (χ4v) is 4.75. The van der Waals surface area contributed by atoms with Crippen LogP contribution >= 0.6 is 11.8 Å². The summed E-state index contributed by atoms with van der Waals surface area (Å²) in [5.41, 5.74) is 4.57. The van der Waals surface area contributed by atoms with E-state index in [1.807, 2.05) is 71.3 Å². The van der Waals surface area contributed by atoms with Gasteiger partial charge >= 0.3 is 0 Å². The van der Waals surface area contributed by atoms with Crippen LogP contribution in [0.5, 0.6) is 0 Å². The Kier molecular flexibility index (Phi) is 7.66. The maximum atomic E-state index is 13.6. The Balaban J connectivity index is 1.28. The topological polar surface area (TPSA) is 72.7 Å². The van der Waals surface area contributed by atoms with Crippen LogP contribution in [0, 0.1) is 5.82 Å². The van der Waals surface area contributed by atoms with Gasteiger partial charge in [0.25, 0.3) is 5.91 Å². The van der Waals surface area contributed by atoms with E-state index >= 15 is 0 Å². The summed E-state index contributed by atoms with van der Waals surface area (Å²) in [5.74, 6) is 1.00. The molecule has 0 aliphatic rings. The first kappa shape index (κ1) is 24.4. The maximum absolute atomic E-state index is 13.6. The largest absolute Gasteiger partial charge is 0.348 e. The van der Waals surface area contributed by atoms with Crippen LogP contribution in [0.1, 0.15) is 32.9 Å². The van der Waals surface area contributed by atoms with Crippen LogP contribution < -0.4 is 5.32 Å². The van der Waals surface area contributed by atoms with Gasteiger partial charge in [-0.3, -0.25) is 14.3 Å². The molecule has 0 saturated carbocycles. The lowest BCUT2D eigenvalue weighted by atomic mass is 10.1. The quantitative estimate of drug-likeness (QED) is 0.261. The van der Waals surface area contributed by atoms with Crippen molar-refractivity contribution in [1.82, 2.24) is 25.1 Å². The maximum Gasteiger partial charge on any atom is 0.251 e. The summed E-state index contributed by atoms with van der Waals surface area (Å²) in [7, 11) is 0. The number of thioether (sulfide) groups is 1. The highest BCUT2D eigenvalue weighted by Gasteiger charge is 2.16. The second-order valence-electron chi connectivity index (χ2n) is 8.40. The molecule has 5 rings (SSSR count). The standard InChI is InChI=1S/C29H24FN5OS/c30-25-10-12-26(13-11-25)35-27(18-21-4-2-1-3-5-21)33-34-29(35)37-20-23-6-8-24(9-7-23)28(36)32-19-22-14-16-31-17-15-22/h1-17H,18-20H2,(H,32,36). The smallest absolute Gasteiger partial charge is 0.251 e. The van der Waals surface area contributed by atoms with Crippen molar-refractivity contribution in [3.05, 3.63) is 137 Å². The summed E-state index contributed by atoms with van der Waals surface area (Å²) in [6.45, 7) is 0.448. The Morgan fingerprint density at radius 3 is 2.27 bits per heavy atom. The van der Waals surface area contributed by atoms with Gasteiger partial charge < -0.3 is 5.32 Å². The lowest BCUT2D eigenvalue weighted by Crippen LogP contribution is -2.22. The van der Waals surface area contributed by atoms with Crippen LogP contribution in [-0.2, 0) is 18.7 Å². The van der Waals surface area contributed by atoms with Gasteiger partial charge in [-0.25, -0.2) is 4.39 Å². The zero-order valence-electron chi connectivity index (χ0n) is 19.9. The number of nitrogens with one attached hydrogen (secondary N) is 1. The number of benzene rings is 3. The molecule has 0 aliphatic heterocycles. The molecular formula is C29H24FN5OS. The summed E-state index contributed by atoms with van der Waals surface area (Å²) in [6, 6.07) is 27.7. The van der Waals surface area contributed by atoms with Crippen LogP contribution in [0.4, 0.5) is 4.39 Å². The number of rotatable bonds is 9. The average Bonchev–Trinajstić information content (AvgIpc) is 3.34. The van der Waals surface area contributed by atoms with Crippen molar-refractivity contribution < 1.29 is 9.18 Å². The normalized spacial score (nSPS) is 10.8. The number of aromatic nitrogens is 4. The van der Waals surface area contributed by atoms with Crippen molar-refractivity contribution in [2.45, 2.75) is 23.9 Å². The van der Waals surface area contributed by atoms with Crippen molar-refractivity contribution in [1.29, 1.82) is 0 Å². The second kappa shape index (κ2) is 11.6. The number of hydrogen-bond donors (Lipinski definition) is 1. The highest BCUT2D eigenvalue weighted by Crippen LogP contribution is 2.26. The minimum absolute atomic E-state index is 0.127. The summed E-state index contributed by atoms with van der Waals surface area (Å²) in [6.07, 6.45) is 4.01. The Morgan fingerprint density at radius 2 is 1.54 bits per heavy atom. The van der Waals surface area contributed by atoms with Crippen molar-refractivity contribution in [2.24, 2.45) is 0 Å². The number of pyridine rings is 1. The Labute approximate surface area is 218 Å². The van der Waals surface area contributed by atoms with E-state index in [2.05, 4.69) is 20.5 Å². The number of amides is 1. The number of carbonyl (C=O) groups is 1. The highest BCUT2D eigenvalue weighted by atomic mass is 32.2. The summed E-state index contributed by atoms with van der Waals surface area (Å²) < 4.78 is 15.6. The molecule has 0 fully saturated rings. The van der Waals surface area contributed by atoms with Gasteiger partial charge in [0.05, 0.1) is 0 Å². The second-order valence-corrected chi connectivity index (χ2v) is 9.34. The third-order valence-electron chi connectivity index (χ3n) is 5.78. The fourth-order valence-electron chi connectivity index (χ4n) is 3.82. The third-order valence-corrected chi connectivity index (χ3v) is 6.78. The van der Waals surface area contributed by atoms with E-state index in [4.69, 9.17) is 0 Å². The monoisotopic (exact) mass is 509 g/mol. The minimum atomic E-state index is -0.291. The highest BCUT2D eigenvalue weighted by molar-refractivity contribution is 7.98. The van der Waals surface area contributed by atoms with E-state index < -0.39 is 0 Å². The molecule has 0 aliphatic carbocycles. The van der Waals surface area contributed by atoms with Crippen LogP contribution in [0.3, 0.4) is 0 Å². The molecule has 0 saturated heterocycles. The van der Waals surface area contributed by atoms with Crippen molar-refractivity contribution >= 4 is 17.7 Å². The average molecular weight is 510 g/mol. The first-order valence-corrected chi connectivity index (χ1v) is 12.8. The van der Waals surface area contributed by atoms with Gasteiger partial charge in [0, 0.05) is 42.4 Å². The van der Waals surface area contributed by atoms with Crippen molar-refractivity contribution in [3.63, 3.8) is 0 Å². The van der Waals surface area contributed by atoms with Gasteiger partial charge in [-0.2, -0.15) is 0 Å². The molecule has 37 heavy (non-hydrogen) atoms. The zero-order valence-corrected chi connectivity index (χ0v) is 20.7. The Hall–Kier alpha value is -4.30. The van der Waals surface area contributed by atoms with Crippen molar-refractivity contribution in [2.75, 3.05) is 0 Å².